The fourth-order valence-corrected chi connectivity index (χ4v) is 2.70. The van der Waals surface area contributed by atoms with Crippen LogP contribution < -0.4 is 10.5 Å². The first-order chi connectivity index (χ1) is 8.87. The van der Waals surface area contributed by atoms with Crippen LogP contribution in [0.1, 0.15) is 16.8 Å². The SMILES string of the molecule is Cc1noc(NS(=O)(=O)Cc2ccc(N)cc2)c1C. The highest BCUT2D eigenvalue weighted by Crippen LogP contribution is 2.20. The number of nitrogens with zero attached hydrogens (tertiary/aromatic N) is 1. The summed E-state index contributed by atoms with van der Waals surface area (Å²) in [4.78, 5) is 0. The summed E-state index contributed by atoms with van der Waals surface area (Å²) in [6.07, 6.45) is 0. The van der Waals surface area contributed by atoms with Gasteiger partial charge >= 0.3 is 0 Å². The topological polar surface area (TPSA) is 98.2 Å². The van der Waals surface area contributed by atoms with Crippen molar-refractivity contribution in [3.05, 3.63) is 41.1 Å². The number of hydrogen-bond acceptors (Lipinski definition) is 5. The molecule has 3 N–H and O–H groups in total. The van der Waals surface area contributed by atoms with Crippen molar-refractivity contribution in [2.45, 2.75) is 19.6 Å². The fourth-order valence-electron chi connectivity index (χ4n) is 1.52. The highest BCUT2D eigenvalue weighted by Gasteiger charge is 2.17. The molecule has 0 atom stereocenters. The van der Waals surface area contributed by atoms with Crippen LogP contribution in [0.2, 0.25) is 0 Å². The smallest absolute Gasteiger partial charge is 0.241 e. The highest BCUT2D eigenvalue weighted by molar-refractivity contribution is 7.91. The van der Waals surface area contributed by atoms with Gasteiger partial charge in [-0.05, 0) is 31.5 Å². The van der Waals surface area contributed by atoms with Crippen LogP contribution in [0.15, 0.2) is 28.8 Å². The lowest BCUT2D eigenvalue weighted by molar-refractivity contribution is 0.430. The van der Waals surface area contributed by atoms with Crippen LogP contribution in [0.25, 0.3) is 0 Å². The molecule has 0 aliphatic carbocycles. The van der Waals surface area contributed by atoms with Crippen LogP contribution in [-0.2, 0) is 15.8 Å². The van der Waals surface area contributed by atoms with Crippen LogP contribution in [0.5, 0.6) is 0 Å². The molecule has 0 amide bonds. The molecule has 102 valence electrons. The predicted octanol–water partition coefficient (Wildman–Crippen LogP) is 1.82. The number of aromatic nitrogens is 1. The third kappa shape index (κ3) is 3.25. The van der Waals surface area contributed by atoms with E-state index >= 15 is 0 Å². The maximum atomic E-state index is 12.0. The summed E-state index contributed by atoms with van der Waals surface area (Å²) >= 11 is 0. The minimum atomic E-state index is -3.53. The van der Waals surface area contributed by atoms with Gasteiger partial charge in [0, 0.05) is 11.3 Å². The van der Waals surface area contributed by atoms with E-state index in [1.165, 1.54) is 0 Å². The molecule has 2 rings (SSSR count). The zero-order valence-electron chi connectivity index (χ0n) is 10.7. The lowest BCUT2D eigenvalue weighted by atomic mass is 10.2. The number of nitrogen functional groups attached to an aromatic ring is 1. The van der Waals surface area contributed by atoms with E-state index in [0.29, 0.717) is 22.5 Å². The van der Waals surface area contributed by atoms with Crippen molar-refractivity contribution in [2.75, 3.05) is 10.5 Å². The van der Waals surface area contributed by atoms with Crippen molar-refractivity contribution in [3.63, 3.8) is 0 Å². The first-order valence-electron chi connectivity index (χ1n) is 5.65. The van der Waals surface area contributed by atoms with Gasteiger partial charge in [-0.15, -0.1) is 0 Å². The molecule has 2 aromatic rings. The van der Waals surface area contributed by atoms with Gasteiger partial charge < -0.3 is 10.3 Å². The number of sulfonamides is 1. The van der Waals surface area contributed by atoms with Crippen LogP contribution in [0.3, 0.4) is 0 Å². The highest BCUT2D eigenvalue weighted by atomic mass is 32.2. The molecule has 6 nitrogen and oxygen atoms in total. The molecular formula is C12H15N3O3S. The van der Waals surface area contributed by atoms with Gasteiger partial charge in [-0.25, -0.2) is 8.42 Å². The first kappa shape index (κ1) is 13.4. The zero-order chi connectivity index (χ0) is 14.0. The quantitative estimate of drug-likeness (QED) is 0.833. The van der Waals surface area contributed by atoms with Gasteiger partial charge in [0.2, 0.25) is 15.9 Å². The molecule has 0 unspecified atom stereocenters. The van der Waals surface area contributed by atoms with Crippen molar-refractivity contribution in [3.8, 4) is 0 Å². The van der Waals surface area contributed by atoms with Gasteiger partial charge in [0.1, 0.15) is 0 Å². The van der Waals surface area contributed by atoms with E-state index in [1.54, 1.807) is 38.1 Å². The maximum absolute atomic E-state index is 12.0. The van der Waals surface area contributed by atoms with Crippen molar-refractivity contribution in [2.24, 2.45) is 0 Å². The summed E-state index contributed by atoms with van der Waals surface area (Å²) in [5.74, 6) is 0.0138. The Morgan fingerprint density at radius 3 is 2.42 bits per heavy atom. The number of benzene rings is 1. The molecular weight excluding hydrogens is 266 g/mol. The molecule has 0 spiro atoms. The van der Waals surface area contributed by atoms with Crippen molar-refractivity contribution in [1.29, 1.82) is 0 Å². The largest absolute Gasteiger partial charge is 0.399 e. The Balaban J connectivity index is 2.15. The standard InChI is InChI=1S/C12H15N3O3S/c1-8-9(2)14-18-12(8)15-19(16,17)7-10-3-5-11(13)6-4-10/h3-6,15H,7,13H2,1-2H3. The average Bonchev–Trinajstić information content (AvgIpc) is 2.63. The lowest BCUT2D eigenvalue weighted by Crippen LogP contribution is -2.15. The monoisotopic (exact) mass is 281 g/mol. The minimum absolute atomic E-state index is 0.146. The second-order valence-electron chi connectivity index (χ2n) is 4.32. The Morgan fingerprint density at radius 1 is 1.26 bits per heavy atom. The predicted molar refractivity (Wildman–Crippen MR) is 73.1 cm³/mol. The van der Waals surface area contributed by atoms with Crippen LogP contribution in [0, 0.1) is 13.8 Å². The summed E-state index contributed by atoms with van der Waals surface area (Å²) in [6.45, 7) is 3.49. The molecule has 0 aliphatic heterocycles. The second-order valence-corrected chi connectivity index (χ2v) is 6.05. The Bertz CT molecular complexity index is 675. The summed E-state index contributed by atoms with van der Waals surface area (Å²) in [6, 6.07) is 6.67. The summed E-state index contributed by atoms with van der Waals surface area (Å²) < 4.78 is 31.3. The maximum Gasteiger partial charge on any atom is 0.241 e. The van der Waals surface area contributed by atoms with Gasteiger partial charge in [-0.3, -0.25) is 4.72 Å². The third-order valence-electron chi connectivity index (χ3n) is 2.74. The number of anilines is 2. The second kappa shape index (κ2) is 4.93. The van der Waals surface area contributed by atoms with E-state index in [1.807, 2.05) is 0 Å². The summed E-state index contributed by atoms with van der Waals surface area (Å²) in [5, 5.41) is 3.70. The lowest BCUT2D eigenvalue weighted by Gasteiger charge is -2.06. The van der Waals surface area contributed by atoms with E-state index in [9.17, 15) is 8.42 Å². The number of rotatable bonds is 4. The molecule has 0 fully saturated rings. The van der Waals surface area contributed by atoms with E-state index in [4.69, 9.17) is 10.3 Å². The van der Waals surface area contributed by atoms with Gasteiger partial charge in [0.05, 0.1) is 11.4 Å². The van der Waals surface area contributed by atoms with E-state index in [-0.39, 0.29) is 11.6 Å². The number of nitrogens with one attached hydrogen (secondary N) is 1. The number of aryl methyl sites for hydroxylation is 1. The average molecular weight is 281 g/mol. The number of hydrogen-bond donors (Lipinski definition) is 2. The Kier molecular flexibility index (Phi) is 3.48. The minimum Gasteiger partial charge on any atom is -0.399 e. The van der Waals surface area contributed by atoms with E-state index < -0.39 is 10.0 Å². The Labute approximate surface area is 111 Å². The van der Waals surface area contributed by atoms with Crippen LogP contribution in [0.4, 0.5) is 11.6 Å². The third-order valence-corrected chi connectivity index (χ3v) is 3.95. The molecule has 0 bridgehead atoms. The van der Waals surface area contributed by atoms with Crippen molar-refractivity contribution in [1.82, 2.24) is 5.16 Å². The first-order valence-corrected chi connectivity index (χ1v) is 7.30. The molecule has 0 saturated carbocycles. The summed E-state index contributed by atoms with van der Waals surface area (Å²) in [5.41, 5.74) is 8.13. The number of nitrogens with two attached hydrogens (primary N) is 1. The molecule has 19 heavy (non-hydrogen) atoms. The summed E-state index contributed by atoms with van der Waals surface area (Å²) in [7, 11) is -3.53. The fraction of sp³-hybridized carbons (Fsp3) is 0.250. The van der Waals surface area contributed by atoms with Gasteiger partial charge in [0.25, 0.3) is 0 Å². The van der Waals surface area contributed by atoms with Crippen molar-refractivity contribution < 1.29 is 12.9 Å². The molecule has 1 heterocycles. The molecule has 0 radical (unpaired) electrons. The molecule has 1 aromatic carbocycles. The van der Waals surface area contributed by atoms with Gasteiger partial charge in [0.15, 0.2) is 0 Å². The molecule has 0 saturated heterocycles. The van der Waals surface area contributed by atoms with E-state index in [0.717, 1.165) is 0 Å². The van der Waals surface area contributed by atoms with Crippen molar-refractivity contribution >= 4 is 21.6 Å². The molecule has 7 heteroatoms. The van der Waals surface area contributed by atoms with Gasteiger partial charge in [-0.1, -0.05) is 17.3 Å². The zero-order valence-corrected chi connectivity index (χ0v) is 11.5. The van der Waals surface area contributed by atoms with E-state index in [2.05, 4.69) is 9.88 Å². The Morgan fingerprint density at radius 2 is 1.89 bits per heavy atom. The molecule has 0 aliphatic rings. The van der Waals surface area contributed by atoms with Crippen LogP contribution >= 0.6 is 0 Å². The van der Waals surface area contributed by atoms with Crippen LogP contribution in [-0.4, -0.2) is 13.6 Å². The Hall–Kier alpha value is -2.02. The van der Waals surface area contributed by atoms with Gasteiger partial charge in [-0.2, -0.15) is 0 Å². The normalized spacial score (nSPS) is 11.5. The molecule has 1 aromatic heterocycles.